The second kappa shape index (κ2) is 13.8. The highest BCUT2D eigenvalue weighted by Gasteiger charge is 2.40. The Morgan fingerprint density at radius 1 is 1.03 bits per heavy atom. The number of aryl methyl sites for hydroxylation is 1. The van der Waals surface area contributed by atoms with Crippen LogP contribution in [-0.2, 0) is 41.1 Å². The summed E-state index contributed by atoms with van der Waals surface area (Å²) in [5, 5.41) is 33.8. The van der Waals surface area contributed by atoms with E-state index in [1.54, 1.807) is 20.5 Å². The predicted molar refractivity (Wildman–Crippen MR) is 132 cm³/mol. The number of hydrogen-bond acceptors (Lipinski definition) is 9. The molecule has 13 heteroatoms. The number of benzene rings is 1. The Bertz CT molecular complexity index is 1190. The van der Waals surface area contributed by atoms with Crippen LogP contribution < -0.4 is 9.47 Å². The number of methoxy groups -OCH3 is 2. The molecule has 0 aliphatic heterocycles. The molecular formula is C25H31N3O10. The molecule has 3 rings (SSSR count). The van der Waals surface area contributed by atoms with E-state index in [0.717, 1.165) is 35.1 Å². The summed E-state index contributed by atoms with van der Waals surface area (Å²) < 4.78 is 18.4. The zero-order valence-corrected chi connectivity index (χ0v) is 21.2. The predicted octanol–water partition coefficient (Wildman–Crippen LogP) is 1.98. The highest BCUT2D eigenvalue weighted by molar-refractivity contribution is 5.88. The minimum atomic E-state index is -2.74. The van der Waals surface area contributed by atoms with Gasteiger partial charge < -0.3 is 38.9 Å². The average molecular weight is 534 g/mol. The summed E-state index contributed by atoms with van der Waals surface area (Å²) in [6, 6.07) is 9.74. The quantitative estimate of drug-likeness (QED) is 0.251. The van der Waals surface area contributed by atoms with Gasteiger partial charge in [-0.25, -0.2) is 9.78 Å². The molecule has 2 heterocycles. The van der Waals surface area contributed by atoms with E-state index in [-0.39, 0.29) is 0 Å². The summed E-state index contributed by atoms with van der Waals surface area (Å²) in [4.78, 5) is 37.0. The molecule has 3 aromatic rings. The molecule has 0 bridgehead atoms. The molecule has 0 aliphatic rings. The summed E-state index contributed by atoms with van der Waals surface area (Å²) in [7, 11) is 5.35. The van der Waals surface area contributed by atoms with Crippen molar-refractivity contribution in [3.63, 3.8) is 0 Å². The molecule has 0 amide bonds. The fourth-order valence-corrected chi connectivity index (χ4v) is 3.52. The summed E-state index contributed by atoms with van der Waals surface area (Å²) in [5.41, 5.74) is -0.540. The lowest BCUT2D eigenvalue weighted by Gasteiger charge is -2.23. The first-order chi connectivity index (χ1) is 18.0. The van der Waals surface area contributed by atoms with Crippen LogP contribution in [-0.4, -0.2) is 72.6 Å². The SMILES string of the molecule is COc1ccc(OC)c(CN(Cc2ccco2)Cc2cncn2C)c1.O=C(O)CC(O)(CC(=O)O)C(=O)O. The molecule has 1 aromatic carbocycles. The fourth-order valence-electron chi connectivity index (χ4n) is 3.52. The minimum absolute atomic E-state index is 0.693. The van der Waals surface area contributed by atoms with Crippen LogP contribution >= 0.6 is 0 Å². The van der Waals surface area contributed by atoms with Crippen LogP contribution in [0.15, 0.2) is 53.5 Å². The molecule has 2 aromatic heterocycles. The molecule has 13 nitrogen and oxygen atoms in total. The van der Waals surface area contributed by atoms with Crippen LogP contribution in [0.5, 0.6) is 11.5 Å². The topological polar surface area (TPSA) is 185 Å². The summed E-state index contributed by atoms with van der Waals surface area (Å²) in [6.45, 7) is 2.14. The molecule has 206 valence electrons. The number of carbonyl (C=O) groups is 3. The molecule has 38 heavy (non-hydrogen) atoms. The second-order valence-electron chi connectivity index (χ2n) is 8.38. The van der Waals surface area contributed by atoms with Gasteiger partial charge in [0.05, 0.1) is 51.9 Å². The van der Waals surface area contributed by atoms with E-state index in [0.29, 0.717) is 13.1 Å². The Balaban J connectivity index is 0.000000332. The van der Waals surface area contributed by atoms with Gasteiger partial charge in [-0.3, -0.25) is 14.5 Å². The number of ether oxygens (including phenoxy) is 2. The van der Waals surface area contributed by atoms with E-state index in [9.17, 15) is 14.4 Å². The fraction of sp³-hybridized carbons (Fsp3) is 0.360. The van der Waals surface area contributed by atoms with Crippen LogP contribution in [0, 0.1) is 0 Å². The Hall–Kier alpha value is -4.36. The maximum absolute atomic E-state index is 10.3. The van der Waals surface area contributed by atoms with Crippen LogP contribution in [0.3, 0.4) is 0 Å². The second-order valence-corrected chi connectivity index (χ2v) is 8.38. The first-order valence-corrected chi connectivity index (χ1v) is 11.3. The Morgan fingerprint density at radius 3 is 2.18 bits per heavy atom. The largest absolute Gasteiger partial charge is 0.497 e. The summed E-state index contributed by atoms with van der Waals surface area (Å²) in [5.74, 6) is -2.44. The number of furan rings is 1. The average Bonchev–Trinajstić information content (AvgIpc) is 3.50. The van der Waals surface area contributed by atoms with E-state index in [2.05, 4.69) is 9.88 Å². The molecule has 0 radical (unpaired) electrons. The van der Waals surface area contributed by atoms with Crippen molar-refractivity contribution in [2.75, 3.05) is 14.2 Å². The summed E-state index contributed by atoms with van der Waals surface area (Å²) >= 11 is 0. The van der Waals surface area contributed by atoms with Crippen molar-refractivity contribution in [2.45, 2.75) is 38.1 Å². The first-order valence-electron chi connectivity index (χ1n) is 11.3. The first kappa shape index (κ1) is 29.9. The van der Waals surface area contributed by atoms with E-state index in [1.807, 2.05) is 54.5 Å². The maximum atomic E-state index is 10.3. The molecule has 0 atom stereocenters. The highest BCUT2D eigenvalue weighted by atomic mass is 16.5. The monoisotopic (exact) mass is 533 g/mol. The Kier molecular flexibility index (Phi) is 10.9. The number of carboxylic acids is 3. The molecule has 0 unspecified atom stereocenters. The lowest BCUT2D eigenvalue weighted by atomic mass is 9.96. The minimum Gasteiger partial charge on any atom is -0.497 e. The third kappa shape index (κ3) is 8.94. The summed E-state index contributed by atoms with van der Waals surface area (Å²) in [6.07, 6.45) is 3.11. The van der Waals surface area contributed by atoms with Gasteiger partial charge in [-0.1, -0.05) is 0 Å². The van der Waals surface area contributed by atoms with Gasteiger partial charge >= 0.3 is 17.9 Å². The third-order valence-electron chi connectivity index (χ3n) is 5.43. The molecule has 0 spiro atoms. The van der Waals surface area contributed by atoms with Crippen molar-refractivity contribution in [1.82, 2.24) is 14.5 Å². The van der Waals surface area contributed by atoms with Gasteiger partial charge in [0.15, 0.2) is 5.60 Å². The normalized spacial score (nSPS) is 11.0. The van der Waals surface area contributed by atoms with Gasteiger partial charge in [-0.15, -0.1) is 0 Å². The molecule has 0 saturated carbocycles. The van der Waals surface area contributed by atoms with E-state index < -0.39 is 36.4 Å². The van der Waals surface area contributed by atoms with Crippen molar-refractivity contribution in [3.05, 3.63) is 66.1 Å². The van der Waals surface area contributed by atoms with E-state index in [4.69, 9.17) is 34.3 Å². The Morgan fingerprint density at radius 2 is 1.71 bits per heavy atom. The van der Waals surface area contributed by atoms with Crippen molar-refractivity contribution < 1.29 is 48.7 Å². The number of aliphatic carboxylic acids is 3. The van der Waals surface area contributed by atoms with E-state index >= 15 is 0 Å². The standard InChI is InChI=1S/C19H23N3O3.C6H8O7/c1-21-14-20-10-16(21)12-22(13-18-5-4-8-25-18)11-15-9-17(23-2)6-7-19(15)24-3;7-3(8)1-6(13,5(11)12)2-4(9)10/h4-10,14H,11-13H2,1-3H3;13H,1-2H2,(H,7,8)(H,9,10)(H,11,12). The zero-order valence-electron chi connectivity index (χ0n) is 21.2. The molecular weight excluding hydrogens is 502 g/mol. The van der Waals surface area contributed by atoms with Gasteiger partial charge in [0.2, 0.25) is 0 Å². The molecule has 0 fully saturated rings. The number of rotatable bonds is 13. The molecule has 0 saturated heterocycles. The Labute approximate surface area is 218 Å². The lowest BCUT2D eigenvalue weighted by Crippen LogP contribution is -2.42. The number of carboxylic acid groups (broad SMARTS) is 3. The van der Waals surface area contributed by atoms with Crippen LogP contribution in [0.4, 0.5) is 0 Å². The van der Waals surface area contributed by atoms with Crippen molar-refractivity contribution in [1.29, 1.82) is 0 Å². The smallest absolute Gasteiger partial charge is 0.336 e. The maximum Gasteiger partial charge on any atom is 0.336 e. The zero-order chi connectivity index (χ0) is 28.3. The van der Waals surface area contributed by atoms with Gasteiger partial charge in [-0.05, 0) is 30.3 Å². The van der Waals surface area contributed by atoms with Crippen LogP contribution in [0.1, 0.15) is 29.9 Å². The van der Waals surface area contributed by atoms with Crippen LogP contribution in [0.25, 0.3) is 0 Å². The molecule has 4 N–H and O–H groups in total. The third-order valence-corrected chi connectivity index (χ3v) is 5.43. The number of nitrogens with zero attached hydrogens (tertiary/aromatic N) is 3. The van der Waals surface area contributed by atoms with Crippen molar-refractivity contribution in [2.24, 2.45) is 7.05 Å². The lowest BCUT2D eigenvalue weighted by molar-refractivity contribution is -0.170. The number of aliphatic hydroxyl groups is 1. The van der Waals surface area contributed by atoms with Crippen molar-refractivity contribution in [3.8, 4) is 11.5 Å². The highest BCUT2D eigenvalue weighted by Crippen LogP contribution is 2.26. The van der Waals surface area contributed by atoms with Crippen molar-refractivity contribution >= 4 is 17.9 Å². The van der Waals surface area contributed by atoms with Gasteiger partial charge in [0, 0.05) is 31.9 Å². The molecule has 0 aliphatic carbocycles. The number of imidazole rings is 1. The van der Waals surface area contributed by atoms with Crippen LogP contribution in [0.2, 0.25) is 0 Å². The number of hydrogen-bond donors (Lipinski definition) is 4. The van der Waals surface area contributed by atoms with Gasteiger partial charge in [0.25, 0.3) is 0 Å². The van der Waals surface area contributed by atoms with Gasteiger partial charge in [-0.2, -0.15) is 0 Å². The number of aromatic nitrogens is 2. The van der Waals surface area contributed by atoms with Gasteiger partial charge in [0.1, 0.15) is 17.3 Å². The van der Waals surface area contributed by atoms with E-state index in [1.165, 1.54) is 0 Å².